The zero-order valence-corrected chi connectivity index (χ0v) is 22.8. The molecule has 0 aromatic heterocycles. The van der Waals surface area contributed by atoms with Crippen molar-refractivity contribution >= 4 is 17.8 Å². The summed E-state index contributed by atoms with van der Waals surface area (Å²) in [5.41, 5.74) is 4.10. The van der Waals surface area contributed by atoms with Crippen molar-refractivity contribution in [1.29, 1.82) is 10.8 Å². The molecule has 3 aromatic rings. The van der Waals surface area contributed by atoms with Gasteiger partial charge in [-0.3, -0.25) is 5.41 Å². The van der Waals surface area contributed by atoms with Gasteiger partial charge in [0.25, 0.3) is 0 Å². The van der Waals surface area contributed by atoms with Gasteiger partial charge in [0.1, 0.15) is 5.75 Å². The third-order valence-corrected chi connectivity index (χ3v) is 6.43. The summed E-state index contributed by atoms with van der Waals surface area (Å²) in [6, 6.07) is 20.6. The third-order valence-electron chi connectivity index (χ3n) is 6.43. The summed E-state index contributed by atoms with van der Waals surface area (Å²) in [6.07, 6.45) is 3.62. The van der Waals surface area contributed by atoms with E-state index >= 15 is 0 Å². The standard InChI is InChI=1S/C22H24N2O.C8H6F3NO.Co/c1-22(16-17-9-5-4-6-10-17)19-15-18(25-3)12-13-20(19)24(2)21(22)11-7-8-14-23;9-8(10,11)6-3-1-5(2-4-6)7(12)13;/h4-15,23H,16H2,1-3H3;1-4H,(H2,12,13);/b8-7+,21-11-,23-14?;;. The minimum Gasteiger partial charge on any atom is -0.497 e. The van der Waals surface area contributed by atoms with Gasteiger partial charge in [0, 0.05) is 52.4 Å². The van der Waals surface area contributed by atoms with Crippen LogP contribution in [0.3, 0.4) is 0 Å². The molecular weight excluding hydrogens is 550 g/mol. The molecule has 3 aromatic carbocycles. The molecule has 0 bridgehead atoms. The first-order valence-electron chi connectivity index (χ1n) is 11.8. The third kappa shape index (κ3) is 7.39. The first-order valence-corrected chi connectivity index (χ1v) is 11.8. The van der Waals surface area contributed by atoms with Crippen molar-refractivity contribution in [1.82, 2.24) is 0 Å². The van der Waals surface area contributed by atoms with E-state index in [-0.39, 0.29) is 27.8 Å². The van der Waals surface area contributed by atoms with Gasteiger partial charge in [-0.25, -0.2) is 0 Å². The van der Waals surface area contributed by atoms with Crippen LogP contribution in [0.1, 0.15) is 29.2 Å². The summed E-state index contributed by atoms with van der Waals surface area (Å²) in [5.74, 6) is 0.136. The first-order chi connectivity index (χ1) is 18.0. The number of alkyl halides is 3. The normalized spacial score (nSPS) is 17.2. The number of methoxy groups -OCH3 is 1. The van der Waals surface area contributed by atoms with Crippen LogP contribution in [0.25, 0.3) is 0 Å². The minimum atomic E-state index is -4.38. The molecular formula is C30H30CoF3N3O2. The van der Waals surface area contributed by atoms with Gasteiger partial charge in [0.15, 0.2) is 0 Å². The smallest absolute Gasteiger partial charge is 0.416 e. The van der Waals surface area contributed by atoms with Crippen molar-refractivity contribution in [3.63, 3.8) is 0 Å². The number of halogens is 3. The maximum absolute atomic E-state index is 12.0. The summed E-state index contributed by atoms with van der Waals surface area (Å²) in [7, 11) is 3.81. The fraction of sp³-hybridized carbons (Fsp3) is 0.200. The van der Waals surface area contributed by atoms with Gasteiger partial charge >= 0.3 is 6.18 Å². The van der Waals surface area contributed by atoms with E-state index in [1.54, 1.807) is 13.2 Å². The van der Waals surface area contributed by atoms with Gasteiger partial charge in [-0.2, -0.15) is 13.2 Å². The maximum Gasteiger partial charge on any atom is 0.416 e. The number of aliphatic hydroxyl groups is 1. The van der Waals surface area contributed by atoms with E-state index < -0.39 is 17.6 Å². The van der Waals surface area contributed by atoms with E-state index in [1.807, 2.05) is 18.2 Å². The number of hydrogen-bond acceptors (Lipinski definition) is 4. The molecule has 1 heterocycles. The fourth-order valence-corrected chi connectivity index (χ4v) is 4.52. The fourth-order valence-electron chi connectivity index (χ4n) is 4.52. The molecule has 0 fully saturated rings. The summed E-state index contributed by atoms with van der Waals surface area (Å²) < 4.78 is 41.5. The number of anilines is 1. The molecule has 1 atom stereocenters. The molecule has 0 amide bonds. The SMILES string of the molecule is COc1ccc2c(c1)C(C)(Cc1ccccc1)/C(=C/C=C/C=N)N2C.N=C(O)c1ccc(C(F)(F)F)cc1.[Co]. The second kappa shape index (κ2) is 13.3. The Morgan fingerprint density at radius 3 is 2.21 bits per heavy atom. The molecule has 39 heavy (non-hydrogen) atoms. The van der Waals surface area contributed by atoms with E-state index in [1.165, 1.54) is 28.7 Å². The summed E-state index contributed by atoms with van der Waals surface area (Å²) in [6.45, 7) is 2.28. The Hall–Kier alpha value is -3.82. The van der Waals surface area contributed by atoms with Crippen molar-refractivity contribution in [2.24, 2.45) is 0 Å². The van der Waals surface area contributed by atoms with E-state index in [0.29, 0.717) is 0 Å². The van der Waals surface area contributed by atoms with Crippen molar-refractivity contribution in [3.05, 3.63) is 119 Å². The van der Waals surface area contributed by atoms with E-state index in [2.05, 4.69) is 61.3 Å². The number of hydrogen-bond donors (Lipinski definition) is 3. The summed E-state index contributed by atoms with van der Waals surface area (Å²) >= 11 is 0. The van der Waals surface area contributed by atoms with Crippen LogP contribution in [-0.2, 0) is 34.8 Å². The zero-order chi connectivity index (χ0) is 27.9. The predicted octanol–water partition coefficient (Wildman–Crippen LogP) is 7.32. The Morgan fingerprint density at radius 2 is 1.67 bits per heavy atom. The molecule has 0 spiro atoms. The molecule has 3 N–H and O–H groups in total. The monoisotopic (exact) mass is 580 g/mol. The molecule has 0 saturated heterocycles. The Balaban J connectivity index is 0.000000324. The molecule has 1 unspecified atom stereocenters. The van der Waals surface area contributed by atoms with Crippen molar-refractivity contribution in [2.45, 2.75) is 24.9 Å². The zero-order valence-electron chi connectivity index (χ0n) is 21.7. The van der Waals surface area contributed by atoms with Crippen LogP contribution in [0, 0.1) is 10.8 Å². The minimum absolute atomic E-state index is 0. The molecule has 4 rings (SSSR count). The van der Waals surface area contributed by atoms with Crippen molar-refractivity contribution < 1.29 is 39.8 Å². The average Bonchev–Trinajstić information content (AvgIpc) is 3.10. The quantitative estimate of drug-likeness (QED) is 0.211. The second-order valence-corrected chi connectivity index (χ2v) is 8.96. The van der Waals surface area contributed by atoms with Gasteiger partial charge in [-0.05, 0) is 79.1 Å². The summed E-state index contributed by atoms with van der Waals surface area (Å²) in [5, 5.41) is 22.6. The molecule has 0 aliphatic carbocycles. The number of allylic oxidation sites excluding steroid dienone is 4. The van der Waals surface area contributed by atoms with Crippen molar-refractivity contribution in [3.8, 4) is 5.75 Å². The van der Waals surface area contributed by atoms with Gasteiger partial charge < -0.3 is 20.2 Å². The Labute approximate surface area is 236 Å². The van der Waals surface area contributed by atoms with Gasteiger partial charge in [-0.1, -0.05) is 36.4 Å². The van der Waals surface area contributed by atoms with Crippen LogP contribution in [-0.4, -0.2) is 31.4 Å². The average molecular weight is 581 g/mol. The van der Waals surface area contributed by atoms with Crippen LogP contribution in [0.15, 0.2) is 96.7 Å². The number of likely N-dealkylation sites (N-methyl/N-ethyl adjacent to an activating group) is 1. The number of rotatable bonds is 6. The molecule has 0 saturated carbocycles. The van der Waals surface area contributed by atoms with E-state index in [4.69, 9.17) is 20.7 Å². The van der Waals surface area contributed by atoms with Gasteiger partial charge in [0.2, 0.25) is 5.90 Å². The summed E-state index contributed by atoms with van der Waals surface area (Å²) in [4.78, 5) is 2.24. The van der Waals surface area contributed by atoms with Gasteiger partial charge in [-0.15, -0.1) is 0 Å². The number of fused-ring (bicyclic) bond motifs is 1. The molecule has 1 aliphatic heterocycles. The molecule has 9 heteroatoms. The number of nitrogens with one attached hydrogen (secondary N) is 2. The maximum atomic E-state index is 12.0. The van der Waals surface area contributed by atoms with Crippen LogP contribution < -0.4 is 9.64 Å². The Kier molecular flexibility index (Phi) is 10.7. The van der Waals surface area contributed by atoms with Crippen molar-refractivity contribution in [2.75, 3.05) is 19.1 Å². The molecule has 207 valence electrons. The van der Waals surface area contributed by atoms with Crippen LogP contribution in [0.4, 0.5) is 18.9 Å². The molecule has 1 radical (unpaired) electrons. The first kappa shape index (κ1) is 31.4. The van der Waals surface area contributed by atoms with E-state index in [0.717, 1.165) is 36.4 Å². The van der Waals surface area contributed by atoms with Gasteiger partial charge in [0.05, 0.1) is 12.7 Å². The molecule has 1 aliphatic rings. The Bertz CT molecular complexity index is 1340. The number of aliphatic hydroxyl groups excluding tert-OH is 1. The largest absolute Gasteiger partial charge is 0.497 e. The van der Waals surface area contributed by atoms with Crippen LogP contribution >= 0.6 is 0 Å². The number of nitrogens with zero attached hydrogens (tertiary/aromatic N) is 1. The van der Waals surface area contributed by atoms with Crippen LogP contribution in [0.5, 0.6) is 5.75 Å². The molecule has 5 nitrogen and oxygen atoms in total. The Morgan fingerprint density at radius 1 is 1.03 bits per heavy atom. The van der Waals surface area contributed by atoms with Crippen LogP contribution in [0.2, 0.25) is 0 Å². The number of ether oxygens (including phenoxy) is 1. The number of benzene rings is 3. The topological polar surface area (TPSA) is 80.4 Å². The second-order valence-electron chi connectivity index (χ2n) is 8.96. The predicted molar refractivity (Wildman–Crippen MR) is 146 cm³/mol. The van der Waals surface area contributed by atoms with E-state index in [9.17, 15) is 13.2 Å².